The van der Waals surface area contributed by atoms with Crippen molar-refractivity contribution < 1.29 is 14.6 Å². The lowest BCUT2D eigenvalue weighted by Gasteiger charge is -2.26. The molecule has 2 aliphatic rings. The lowest BCUT2D eigenvalue weighted by molar-refractivity contribution is 0.0371. The van der Waals surface area contributed by atoms with Crippen LogP contribution in [0.25, 0.3) is 0 Å². The molecule has 6 nitrogen and oxygen atoms in total. The van der Waals surface area contributed by atoms with Gasteiger partial charge in [0.25, 0.3) is 0 Å². The van der Waals surface area contributed by atoms with Gasteiger partial charge in [0.05, 0.1) is 13.2 Å². The third kappa shape index (κ3) is 10.3. The number of β-amino-alcohol motifs (C(OH)–C–C–N with tert-alkyl or cyclic N) is 1. The number of unbranched alkanes of at least 4 members (excludes halogenated alkanes) is 2. The number of benzene rings is 1. The summed E-state index contributed by atoms with van der Waals surface area (Å²) in [5, 5.41) is 13.9. The van der Waals surface area contributed by atoms with Crippen LogP contribution in [0.4, 0.5) is 0 Å². The van der Waals surface area contributed by atoms with E-state index in [1.807, 2.05) is 12.1 Å². The first-order valence-electron chi connectivity index (χ1n) is 12.4. The van der Waals surface area contributed by atoms with Gasteiger partial charge in [0.15, 0.2) is 0 Å². The SMILES string of the molecule is OC(COc1cccc(CNCCCCCN2CCOCC2)c1)CN1CCCCCC1. The number of hydrogen-bond acceptors (Lipinski definition) is 6. The van der Waals surface area contributed by atoms with E-state index in [4.69, 9.17) is 9.47 Å². The highest BCUT2D eigenvalue weighted by atomic mass is 16.5. The fourth-order valence-corrected chi connectivity index (χ4v) is 4.43. The van der Waals surface area contributed by atoms with E-state index in [9.17, 15) is 5.11 Å². The first kappa shape index (κ1) is 24.5. The number of aliphatic hydroxyl groups excluding tert-OH is 1. The van der Waals surface area contributed by atoms with Crippen LogP contribution in [0.5, 0.6) is 5.75 Å². The molecule has 0 bridgehead atoms. The summed E-state index contributed by atoms with van der Waals surface area (Å²) in [7, 11) is 0. The molecule has 1 unspecified atom stereocenters. The van der Waals surface area contributed by atoms with Crippen molar-refractivity contribution in [3.63, 3.8) is 0 Å². The van der Waals surface area contributed by atoms with Crippen LogP contribution in [0.3, 0.4) is 0 Å². The molecule has 0 amide bonds. The van der Waals surface area contributed by atoms with Crippen molar-refractivity contribution in [2.24, 2.45) is 0 Å². The highest BCUT2D eigenvalue weighted by molar-refractivity contribution is 5.28. The fourth-order valence-electron chi connectivity index (χ4n) is 4.43. The van der Waals surface area contributed by atoms with Gasteiger partial charge in [-0.3, -0.25) is 4.90 Å². The van der Waals surface area contributed by atoms with E-state index in [-0.39, 0.29) is 0 Å². The van der Waals surface area contributed by atoms with Gasteiger partial charge in [-0.05, 0) is 69.6 Å². The summed E-state index contributed by atoms with van der Waals surface area (Å²) in [5.41, 5.74) is 1.23. The van der Waals surface area contributed by atoms with E-state index in [2.05, 4.69) is 27.2 Å². The lowest BCUT2D eigenvalue weighted by Crippen LogP contribution is -2.36. The molecule has 6 heteroatoms. The molecular formula is C25H43N3O3. The number of aliphatic hydroxyl groups is 1. The highest BCUT2D eigenvalue weighted by Crippen LogP contribution is 2.15. The Hall–Kier alpha value is -1.18. The van der Waals surface area contributed by atoms with E-state index >= 15 is 0 Å². The lowest BCUT2D eigenvalue weighted by atomic mass is 10.2. The van der Waals surface area contributed by atoms with Gasteiger partial charge >= 0.3 is 0 Å². The summed E-state index contributed by atoms with van der Waals surface area (Å²) in [6.45, 7) is 10.3. The van der Waals surface area contributed by atoms with Crippen LogP contribution in [0, 0.1) is 0 Å². The zero-order chi connectivity index (χ0) is 21.6. The molecule has 2 saturated heterocycles. The maximum Gasteiger partial charge on any atom is 0.119 e. The molecule has 176 valence electrons. The first-order valence-corrected chi connectivity index (χ1v) is 12.4. The standard InChI is InChI=1S/C25H43N3O3/c29-24(21-28-13-5-1-2-6-14-28)22-31-25-10-8-9-23(19-25)20-26-11-4-3-7-12-27-15-17-30-18-16-27/h8-10,19,24,26,29H,1-7,11-18,20-22H2. The second-order valence-corrected chi connectivity index (χ2v) is 9.02. The molecule has 0 aromatic heterocycles. The van der Waals surface area contributed by atoms with Crippen molar-refractivity contribution in [2.75, 3.05) is 65.6 Å². The number of likely N-dealkylation sites (tertiary alicyclic amines) is 1. The van der Waals surface area contributed by atoms with Crippen molar-refractivity contribution in [1.29, 1.82) is 0 Å². The van der Waals surface area contributed by atoms with Crippen molar-refractivity contribution in [1.82, 2.24) is 15.1 Å². The zero-order valence-electron chi connectivity index (χ0n) is 19.3. The number of morpholine rings is 1. The Morgan fingerprint density at radius 3 is 2.58 bits per heavy atom. The third-order valence-electron chi connectivity index (χ3n) is 6.27. The Kier molecular flexibility index (Phi) is 11.7. The van der Waals surface area contributed by atoms with E-state index in [1.54, 1.807) is 0 Å². The summed E-state index contributed by atoms with van der Waals surface area (Å²) in [6.07, 6.45) is 8.44. The van der Waals surface area contributed by atoms with E-state index in [0.717, 1.165) is 58.2 Å². The van der Waals surface area contributed by atoms with Crippen LogP contribution in [-0.2, 0) is 11.3 Å². The Balaban J connectivity index is 1.24. The summed E-state index contributed by atoms with van der Waals surface area (Å²) in [5.74, 6) is 0.847. The van der Waals surface area contributed by atoms with E-state index in [1.165, 1.54) is 57.1 Å². The summed E-state index contributed by atoms with van der Waals surface area (Å²) < 4.78 is 11.3. The molecular weight excluding hydrogens is 390 g/mol. The molecule has 2 heterocycles. The number of nitrogens with one attached hydrogen (secondary N) is 1. The van der Waals surface area contributed by atoms with Crippen molar-refractivity contribution in [3.05, 3.63) is 29.8 Å². The van der Waals surface area contributed by atoms with Gasteiger partial charge in [-0.15, -0.1) is 0 Å². The van der Waals surface area contributed by atoms with E-state index in [0.29, 0.717) is 13.2 Å². The smallest absolute Gasteiger partial charge is 0.119 e. The predicted molar refractivity (Wildman–Crippen MR) is 126 cm³/mol. The average Bonchev–Trinajstić information content (AvgIpc) is 3.07. The molecule has 2 aliphatic heterocycles. The minimum atomic E-state index is -0.433. The molecule has 0 aliphatic carbocycles. The summed E-state index contributed by atoms with van der Waals surface area (Å²) >= 11 is 0. The Morgan fingerprint density at radius 1 is 0.968 bits per heavy atom. The Morgan fingerprint density at radius 2 is 1.77 bits per heavy atom. The van der Waals surface area contributed by atoms with Gasteiger partial charge in [0, 0.05) is 26.2 Å². The third-order valence-corrected chi connectivity index (χ3v) is 6.27. The van der Waals surface area contributed by atoms with Crippen molar-refractivity contribution >= 4 is 0 Å². The van der Waals surface area contributed by atoms with Crippen LogP contribution >= 0.6 is 0 Å². The quantitative estimate of drug-likeness (QED) is 0.467. The molecule has 2 fully saturated rings. The summed E-state index contributed by atoms with van der Waals surface area (Å²) in [6, 6.07) is 8.24. The van der Waals surface area contributed by atoms with Crippen LogP contribution in [-0.4, -0.2) is 86.6 Å². The molecule has 31 heavy (non-hydrogen) atoms. The normalized spacial score (nSPS) is 19.8. The first-order chi connectivity index (χ1) is 15.3. The van der Waals surface area contributed by atoms with Gasteiger partial charge < -0.3 is 24.8 Å². The Labute approximate surface area is 188 Å². The van der Waals surface area contributed by atoms with Gasteiger partial charge in [-0.1, -0.05) is 31.4 Å². The van der Waals surface area contributed by atoms with Gasteiger partial charge in [0.2, 0.25) is 0 Å². The molecule has 0 spiro atoms. The zero-order valence-corrected chi connectivity index (χ0v) is 19.3. The minimum absolute atomic E-state index is 0.358. The number of rotatable bonds is 13. The maximum atomic E-state index is 10.4. The van der Waals surface area contributed by atoms with Gasteiger partial charge in [0.1, 0.15) is 18.5 Å². The van der Waals surface area contributed by atoms with Gasteiger partial charge in [-0.25, -0.2) is 0 Å². The second-order valence-electron chi connectivity index (χ2n) is 9.02. The van der Waals surface area contributed by atoms with E-state index < -0.39 is 6.10 Å². The molecule has 0 radical (unpaired) electrons. The summed E-state index contributed by atoms with van der Waals surface area (Å²) in [4.78, 5) is 4.88. The fraction of sp³-hybridized carbons (Fsp3) is 0.760. The average molecular weight is 434 g/mol. The van der Waals surface area contributed by atoms with Gasteiger partial charge in [-0.2, -0.15) is 0 Å². The van der Waals surface area contributed by atoms with Crippen LogP contribution < -0.4 is 10.1 Å². The number of ether oxygens (including phenoxy) is 2. The Bertz CT molecular complexity index is 587. The van der Waals surface area contributed by atoms with Crippen LogP contribution in [0.15, 0.2) is 24.3 Å². The second kappa shape index (κ2) is 14.8. The largest absolute Gasteiger partial charge is 0.491 e. The molecule has 1 aromatic rings. The predicted octanol–water partition coefficient (Wildman–Crippen LogP) is 2.89. The minimum Gasteiger partial charge on any atom is -0.491 e. The maximum absolute atomic E-state index is 10.4. The molecule has 3 rings (SSSR count). The molecule has 1 atom stereocenters. The molecule has 1 aromatic carbocycles. The topological polar surface area (TPSA) is 57.2 Å². The highest BCUT2D eigenvalue weighted by Gasteiger charge is 2.14. The van der Waals surface area contributed by atoms with Crippen LogP contribution in [0.2, 0.25) is 0 Å². The van der Waals surface area contributed by atoms with Crippen LogP contribution in [0.1, 0.15) is 50.5 Å². The molecule has 2 N–H and O–H groups in total. The number of hydrogen-bond donors (Lipinski definition) is 2. The van der Waals surface area contributed by atoms with Crippen molar-refractivity contribution in [3.8, 4) is 5.75 Å². The monoisotopic (exact) mass is 433 g/mol. The number of nitrogens with zero attached hydrogens (tertiary/aromatic N) is 2. The van der Waals surface area contributed by atoms with Crippen molar-refractivity contribution in [2.45, 2.75) is 57.6 Å². The molecule has 0 saturated carbocycles.